The van der Waals surface area contributed by atoms with Gasteiger partial charge >= 0.3 is 0 Å². The molecule has 0 fully saturated rings. The second-order valence-electron chi connectivity index (χ2n) is 5.98. The van der Waals surface area contributed by atoms with E-state index in [4.69, 9.17) is 4.74 Å². The Morgan fingerprint density at radius 3 is 2.52 bits per heavy atom. The van der Waals surface area contributed by atoms with E-state index >= 15 is 0 Å². The monoisotopic (exact) mass is 382 g/mol. The van der Waals surface area contributed by atoms with Gasteiger partial charge in [0.15, 0.2) is 5.84 Å². The first kappa shape index (κ1) is 17.2. The van der Waals surface area contributed by atoms with Crippen molar-refractivity contribution in [3.8, 4) is 5.75 Å². The van der Waals surface area contributed by atoms with Gasteiger partial charge in [-0.05, 0) is 54.1 Å². The first-order chi connectivity index (χ1) is 13.0. The standard InChI is InChI=1S/C20H15FN2O3S/c21-16-5-3-4-14(12-16)13-26-17-10-8-15(9-11-17)20-22-18-6-1-2-7-19(18)27(24,25)23-20/h1-12H,13H2,(H,22,23). The molecule has 1 N–H and O–H groups in total. The van der Waals surface area contributed by atoms with Gasteiger partial charge in [-0.3, -0.25) is 0 Å². The SMILES string of the molecule is O=S1(=O)N=C(c2ccc(OCc3cccc(F)c3)cc2)Nc2ccccc21. The maximum atomic E-state index is 13.2. The first-order valence-corrected chi connectivity index (χ1v) is 9.64. The molecule has 0 saturated heterocycles. The minimum Gasteiger partial charge on any atom is -0.489 e. The van der Waals surface area contributed by atoms with Crippen molar-refractivity contribution < 1.29 is 17.5 Å². The quantitative estimate of drug-likeness (QED) is 0.742. The number of anilines is 1. The Balaban J connectivity index is 1.52. The van der Waals surface area contributed by atoms with Crippen molar-refractivity contribution in [3.05, 3.63) is 89.7 Å². The molecule has 3 aromatic carbocycles. The van der Waals surface area contributed by atoms with Crippen LogP contribution in [0.1, 0.15) is 11.1 Å². The van der Waals surface area contributed by atoms with Crippen LogP contribution in [0.4, 0.5) is 10.1 Å². The molecule has 5 nitrogen and oxygen atoms in total. The third-order valence-corrected chi connectivity index (χ3v) is 5.39. The topological polar surface area (TPSA) is 67.8 Å². The molecule has 1 aliphatic rings. The fraction of sp³-hybridized carbons (Fsp3) is 0.0500. The van der Waals surface area contributed by atoms with Crippen LogP contribution in [0.25, 0.3) is 0 Å². The van der Waals surface area contributed by atoms with Gasteiger partial charge in [-0.25, -0.2) is 4.39 Å². The molecule has 0 bridgehead atoms. The highest BCUT2D eigenvalue weighted by molar-refractivity contribution is 7.90. The number of halogens is 1. The van der Waals surface area contributed by atoms with Crippen molar-refractivity contribution in [2.24, 2.45) is 4.40 Å². The molecule has 136 valence electrons. The molecule has 3 aromatic rings. The van der Waals surface area contributed by atoms with E-state index in [1.165, 1.54) is 18.2 Å². The highest BCUT2D eigenvalue weighted by atomic mass is 32.2. The smallest absolute Gasteiger partial charge is 0.286 e. The zero-order chi connectivity index (χ0) is 18.9. The summed E-state index contributed by atoms with van der Waals surface area (Å²) in [6.07, 6.45) is 0. The number of rotatable bonds is 4. The lowest BCUT2D eigenvalue weighted by Gasteiger charge is -2.18. The molecular weight excluding hydrogens is 367 g/mol. The molecule has 0 aliphatic carbocycles. The van der Waals surface area contributed by atoms with Crippen LogP contribution in [0.5, 0.6) is 5.75 Å². The van der Waals surface area contributed by atoms with E-state index in [1.807, 2.05) is 0 Å². The Morgan fingerprint density at radius 1 is 0.963 bits per heavy atom. The fourth-order valence-electron chi connectivity index (χ4n) is 2.74. The summed E-state index contributed by atoms with van der Waals surface area (Å²) in [6, 6.07) is 19.7. The molecular formula is C20H15FN2O3S. The molecule has 0 spiro atoms. The maximum absolute atomic E-state index is 13.2. The van der Waals surface area contributed by atoms with Gasteiger partial charge in [0.2, 0.25) is 0 Å². The molecule has 0 saturated carbocycles. The van der Waals surface area contributed by atoms with Crippen LogP contribution in [0, 0.1) is 5.82 Å². The molecule has 0 aromatic heterocycles. The van der Waals surface area contributed by atoms with Gasteiger partial charge in [-0.1, -0.05) is 24.3 Å². The van der Waals surface area contributed by atoms with Crippen molar-refractivity contribution in [2.75, 3.05) is 5.32 Å². The average molecular weight is 382 g/mol. The summed E-state index contributed by atoms with van der Waals surface area (Å²) in [6.45, 7) is 0.234. The molecule has 0 unspecified atom stereocenters. The van der Waals surface area contributed by atoms with Gasteiger partial charge in [-0.15, -0.1) is 4.40 Å². The Hall–Kier alpha value is -3.19. The lowest BCUT2D eigenvalue weighted by molar-refractivity contribution is 0.305. The second-order valence-corrected chi connectivity index (χ2v) is 7.55. The third-order valence-electron chi connectivity index (χ3n) is 4.05. The van der Waals surface area contributed by atoms with E-state index in [1.54, 1.807) is 54.6 Å². The Morgan fingerprint density at radius 2 is 1.74 bits per heavy atom. The Bertz CT molecular complexity index is 1130. The number of hydrogen-bond donors (Lipinski definition) is 1. The lowest BCUT2D eigenvalue weighted by Crippen LogP contribution is -2.22. The number of nitrogens with zero attached hydrogens (tertiary/aromatic N) is 1. The summed E-state index contributed by atoms with van der Waals surface area (Å²) < 4.78 is 47.3. The summed E-state index contributed by atoms with van der Waals surface area (Å²) >= 11 is 0. The number of amidine groups is 1. The molecule has 0 atom stereocenters. The number of nitrogens with one attached hydrogen (secondary N) is 1. The minimum absolute atomic E-state index is 0.156. The molecule has 1 heterocycles. The summed E-state index contributed by atoms with van der Waals surface area (Å²) in [4.78, 5) is 0.156. The van der Waals surface area contributed by atoms with Crippen LogP contribution < -0.4 is 10.1 Å². The van der Waals surface area contributed by atoms with Gasteiger partial charge in [0.25, 0.3) is 10.0 Å². The molecule has 0 amide bonds. The largest absolute Gasteiger partial charge is 0.489 e. The van der Waals surface area contributed by atoms with Crippen LogP contribution in [-0.2, 0) is 16.6 Å². The number of benzene rings is 3. The number of sulfonamides is 1. The van der Waals surface area contributed by atoms with E-state index in [0.717, 1.165) is 5.56 Å². The molecule has 7 heteroatoms. The number of fused-ring (bicyclic) bond motifs is 1. The zero-order valence-corrected chi connectivity index (χ0v) is 14.9. The van der Waals surface area contributed by atoms with Gasteiger partial charge in [0.05, 0.1) is 5.69 Å². The molecule has 4 rings (SSSR count). The van der Waals surface area contributed by atoms with E-state index in [9.17, 15) is 12.8 Å². The summed E-state index contributed by atoms with van der Waals surface area (Å²) in [7, 11) is -3.74. The van der Waals surface area contributed by atoms with Gasteiger partial charge in [-0.2, -0.15) is 8.42 Å². The van der Waals surface area contributed by atoms with Crippen molar-refractivity contribution in [3.63, 3.8) is 0 Å². The van der Waals surface area contributed by atoms with Gasteiger partial charge in [0, 0.05) is 5.56 Å². The lowest BCUT2D eigenvalue weighted by atomic mass is 10.2. The maximum Gasteiger partial charge on any atom is 0.286 e. The van der Waals surface area contributed by atoms with E-state index < -0.39 is 10.0 Å². The Kier molecular flexibility index (Phi) is 4.37. The highest BCUT2D eigenvalue weighted by Crippen LogP contribution is 2.28. The van der Waals surface area contributed by atoms with Crippen LogP contribution in [0.3, 0.4) is 0 Å². The first-order valence-electron chi connectivity index (χ1n) is 8.20. The number of para-hydroxylation sites is 1. The van der Waals surface area contributed by atoms with Crippen LogP contribution >= 0.6 is 0 Å². The summed E-state index contributed by atoms with van der Waals surface area (Å²) in [5.41, 5.74) is 1.83. The van der Waals surface area contributed by atoms with Crippen molar-refractivity contribution in [1.29, 1.82) is 0 Å². The molecule has 0 radical (unpaired) electrons. The van der Waals surface area contributed by atoms with E-state index in [2.05, 4.69) is 9.71 Å². The van der Waals surface area contributed by atoms with Crippen molar-refractivity contribution in [1.82, 2.24) is 0 Å². The van der Waals surface area contributed by atoms with Crippen LogP contribution in [0.15, 0.2) is 82.1 Å². The van der Waals surface area contributed by atoms with Crippen LogP contribution in [-0.4, -0.2) is 14.3 Å². The zero-order valence-electron chi connectivity index (χ0n) is 14.1. The third kappa shape index (κ3) is 3.68. The average Bonchev–Trinajstić information content (AvgIpc) is 2.66. The van der Waals surface area contributed by atoms with E-state index in [-0.39, 0.29) is 23.2 Å². The normalized spacial score (nSPS) is 14.6. The Labute approximate surface area is 156 Å². The number of ether oxygens (including phenoxy) is 1. The van der Waals surface area contributed by atoms with Gasteiger partial charge < -0.3 is 10.1 Å². The summed E-state index contributed by atoms with van der Waals surface area (Å²) in [5, 5.41) is 3.04. The fourth-order valence-corrected chi connectivity index (χ4v) is 3.88. The van der Waals surface area contributed by atoms with Crippen molar-refractivity contribution >= 4 is 21.5 Å². The van der Waals surface area contributed by atoms with E-state index in [0.29, 0.717) is 17.0 Å². The van der Waals surface area contributed by atoms with Gasteiger partial charge in [0.1, 0.15) is 23.1 Å². The predicted octanol–water partition coefficient (Wildman–Crippen LogP) is 3.97. The van der Waals surface area contributed by atoms with Crippen molar-refractivity contribution in [2.45, 2.75) is 11.5 Å². The number of hydrogen-bond acceptors (Lipinski definition) is 4. The van der Waals surface area contributed by atoms with Crippen LogP contribution in [0.2, 0.25) is 0 Å². The minimum atomic E-state index is -3.74. The molecule has 1 aliphatic heterocycles. The highest BCUT2D eigenvalue weighted by Gasteiger charge is 2.24. The molecule has 27 heavy (non-hydrogen) atoms. The second kappa shape index (κ2) is 6.85. The summed E-state index contributed by atoms with van der Waals surface area (Å²) in [5.74, 6) is 0.530. The predicted molar refractivity (Wildman–Crippen MR) is 101 cm³/mol.